The zero-order valence-electron chi connectivity index (χ0n) is 18.8. The van der Waals surface area contributed by atoms with E-state index in [9.17, 15) is 36.7 Å². The smallest absolute Gasteiger partial charge is 0.260 e. The second kappa shape index (κ2) is 12.9. The average Bonchev–Trinajstić information content (AvgIpc) is 2.71. The maximum absolute atomic E-state index is 13.4. The highest BCUT2D eigenvalue weighted by Gasteiger charge is 2.18. The van der Waals surface area contributed by atoms with Crippen LogP contribution >= 0.6 is 0 Å². The van der Waals surface area contributed by atoms with Gasteiger partial charge in [0.15, 0.2) is 5.78 Å². The lowest BCUT2D eigenvalue weighted by atomic mass is 10.1. The largest absolute Gasteiger partial charge is 0.383 e. The van der Waals surface area contributed by atoms with Crippen molar-refractivity contribution in [3.63, 3.8) is 0 Å². The highest BCUT2D eigenvalue weighted by atomic mass is 19.1. The summed E-state index contributed by atoms with van der Waals surface area (Å²) in [7, 11) is 3.25. The number of benzene rings is 2. The molecule has 11 heteroatoms. The Hall–Kier alpha value is -4.02. The van der Waals surface area contributed by atoms with E-state index in [1.807, 2.05) is 5.32 Å². The Morgan fingerprint density at radius 1 is 0.794 bits per heavy atom. The number of amides is 2. The van der Waals surface area contributed by atoms with Gasteiger partial charge in [0.2, 0.25) is 5.91 Å². The summed E-state index contributed by atoms with van der Waals surface area (Å²) in [4.78, 5) is 46.3. The van der Waals surface area contributed by atoms with Gasteiger partial charge in [0, 0.05) is 20.3 Å². The van der Waals surface area contributed by atoms with Gasteiger partial charge in [-0.2, -0.15) is 0 Å². The number of hydrogen-bond donors (Lipinski definition) is 2. The van der Waals surface area contributed by atoms with Crippen molar-refractivity contribution in [1.82, 2.24) is 4.90 Å². The van der Waals surface area contributed by atoms with Gasteiger partial charge >= 0.3 is 0 Å². The predicted molar refractivity (Wildman–Crippen MR) is 118 cm³/mol. The molecule has 0 aliphatic carbocycles. The number of nitrogens with zero attached hydrogens (tertiary/aromatic N) is 1. The Balaban J connectivity index is 0.000000350. The van der Waals surface area contributed by atoms with Gasteiger partial charge in [0.05, 0.1) is 12.0 Å². The molecule has 0 spiro atoms. The van der Waals surface area contributed by atoms with Crippen LogP contribution in [-0.2, 0) is 19.2 Å². The first-order valence-corrected chi connectivity index (χ1v) is 9.71. The first-order chi connectivity index (χ1) is 15.8. The average molecular weight is 481 g/mol. The number of hydrogen-bond acceptors (Lipinski definition) is 5. The van der Waals surface area contributed by atoms with Crippen molar-refractivity contribution >= 4 is 34.8 Å². The van der Waals surface area contributed by atoms with Crippen molar-refractivity contribution in [3.05, 3.63) is 71.4 Å². The van der Waals surface area contributed by atoms with Crippen molar-refractivity contribution in [3.8, 4) is 0 Å². The van der Waals surface area contributed by atoms with Crippen LogP contribution in [0.4, 0.5) is 28.9 Å². The predicted octanol–water partition coefficient (Wildman–Crippen LogP) is 3.82. The second-order valence-corrected chi connectivity index (χ2v) is 7.14. The van der Waals surface area contributed by atoms with Crippen LogP contribution in [0.1, 0.15) is 20.3 Å². The van der Waals surface area contributed by atoms with Crippen LogP contribution in [-0.4, -0.2) is 42.4 Å². The Morgan fingerprint density at radius 2 is 1.21 bits per heavy atom. The van der Waals surface area contributed by atoms with Gasteiger partial charge in [-0.25, -0.2) is 17.6 Å². The number of rotatable bonds is 7. The van der Waals surface area contributed by atoms with Gasteiger partial charge in [-0.1, -0.05) is 12.1 Å². The molecule has 2 rings (SSSR count). The monoisotopic (exact) mass is 481 g/mol. The summed E-state index contributed by atoms with van der Waals surface area (Å²) < 4.78 is 52.8. The number of ketones is 2. The molecule has 0 aliphatic heterocycles. The van der Waals surface area contributed by atoms with Crippen LogP contribution in [0.2, 0.25) is 0 Å². The Bertz CT molecular complexity index is 1080. The molecular formula is C23H23F4N3O4. The first kappa shape index (κ1) is 28.0. The third-order valence-electron chi connectivity index (χ3n) is 3.85. The van der Waals surface area contributed by atoms with E-state index in [1.54, 1.807) is 14.1 Å². The van der Waals surface area contributed by atoms with Crippen molar-refractivity contribution in [2.75, 3.05) is 24.7 Å². The first-order valence-electron chi connectivity index (χ1n) is 9.71. The zero-order chi connectivity index (χ0) is 26.0. The zero-order valence-corrected chi connectivity index (χ0v) is 18.8. The molecule has 2 amide bonds. The van der Waals surface area contributed by atoms with Gasteiger partial charge < -0.3 is 15.5 Å². The maximum Gasteiger partial charge on any atom is 0.260 e. The van der Waals surface area contributed by atoms with Gasteiger partial charge in [-0.15, -0.1) is 0 Å². The molecule has 0 saturated carbocycles. The third kappa shape index (κ3) is 8.85. The minimum absolute atomic E-state index is 0.187. The van der Waals surface area contributed by atoms with Gasteiger partial charge in [-0.05, 0) is 38.1 Å². The topological polar surface area (TPSA) is 95.6 Å². The quantitative estimate of drug-likeness (QED) is 0.271. The highest BCUT2D eigenvalue weighted by molar-refractivity contribution is 6.22. The molecule has 34 heavy (non-hydrogen) atoms. The normalized spacial score (nSPS) is 10.5. The summed E-state index contributed by atoms with van der Waals surface area (Å²) in [5.41, 5.74) is -1.28. The minimum Gasteiger partial charge on any atom is -0.383 e. The van der Waals surface area contributed by atoms with E-state index in [2.05, 4.69) is 5.32 Å². The van der Waals surface area contributed by atoms with Crippen LogP contribution in [0, 0.1) is 23.3 Å². The molecule has 0 aliphatic rings. The number of Topliss-reactive ketones (excluding diaryl/α,β-unsaturated/α-hetero) is 2. The molecule has 2 aromatic carbocycles. The number of nitrogens with one attached hydrogen (secondary N) is 2. The standard InChI is InChI=1S/C13H14F2N2O2.C10H9F2NO2/c1-8(18)9(7-17(2)3)13(19)16-12-10(14)5-4-6-11(12)15;1-6(14)5-9(15)13-10-7(11)3-2-4-8(10)12/h4-7H,1-3H3,(H,16,19);2-4H,5H2,1H3,(H,13,15). The maximum atomic E-state index is 13.4. The van der Waals surface area contributed by atoms with E-state index in [-0.39, 0.29) is 11.4 Å². The summed E-state index contributed by atoms with van der Waals surface area (Å²) in [5.74, 6) is -6.00. The number of carbonyl (C=O) groups is 4. The number of para-hydroxylation sites is 2. The summed E-state index contributed by atoms with van der Waals surface area (Å²) in [5, 5.41) is 4.06. The molecule has 0 bridgehead atoms. The number of carbonyl (C=O) groups excluding carboxylic acids is 4. The summed E-state index contributed by atoms with van der Waals surface area (Å²) in [6.07, 6.45) is 0.893. The van der Waals surface area contributed by atoms with Crippen molar-refractivity contribution in [1.29, 1.82) is 0 Å². The molecule has 0 aromatic heterocycles. The molecular weight excluding hydrogens is 458 g/mol. The van der Waals surface area contributed by atoms with Crippen molar-refractivity contribution < 1.29 is 36.7 Å². The minimum atomic E-state index is -0.902. The van der Waals surface area contributed by atoms with Crippen LogP contribution < -0.4 is 10.6 Å². The summed E-state index contributed by atoms with van der Waals surface area (Å²) in [6.45, 7) is 2.42. The Kier molecular flexibility index (Phi) is 10.6. The molecule has 2 aromatic rings. The van der Waals surface area contributed by atoms with Crippen molar-refractivity contribution in [2.45, 2.75) is 20.3 Å². The second-order valence-electron chi connectivity index (χ2n) is 7.14. The molecule has 182 valence electrons. The van der Waals surface area contributed by atoms with Crippen LogP contribution in [0.15, 0.2) is 48.2 Å². The third-order valence-corrected chi connectivity index (χ3v) is 3.85. The van der Waals surface area contributed by atoms with Crippen molar-refractivity contribution in [2.24, 2.45) is 0 Å². The lowest BCUT2D eigenvalue weighted by Crippen LogP contribution is -2.22. The van der Waals surface area contributed by atoms with Gasteiger partial charge in [-0.3, -0.25) is 19.2 Å². The molecule has 0 saturated heterocycles. The van der Waals surface area contributed by atoms with Crippen LogP contribution in [0.25, 0.3) is 0 Å². The van der Waals surface area contributed by atoms with E-state index >= 15 is 0 Å². The molecule has 0 unspecified atom stereocenters. The number of halogens is 4. The molecule has 0 heterocycles. The van der Waals surface area contributed by atoms with E-state index in [4.69, 9.17) is 0 Å². The SMILES string of the molecule is CC(=O)C(=CN(C)C)C(=O)Nc1c(F)cccc1F.CC(=O)CC(=O)Nc1c(F)cccc1F. The molecule has 2 N–H and O–H groups in total. The number of anilines is 2. The van der Waals surface area contributed by atoms with E-state index in [1.165, 1.54) is 37.1 Å². The van der Waals surface area contributed by atoms with E-state index in [0.717, 1.165) is 24.3 Å². The molecule has 0 radical (unpaired) electrons. The molecule has 0 atom stereocenters. The van der Waals surface area contributed by atoms with Crippen LogP contribution in [0.5, 0.6) is 0 Å². The van der Waals surface area contributed by atoms with E-state index < -0.39 is 58.7 Å². The lowest BCUT2D eigenvalue weighted by molar-refractivity contribution is -0.124. The summed E-state index contributed by atoms with van der Waals surface area (Å²) >= 11 is 0. The van der Waals surface area contributed by atoms with Gasteiger partial charge in [0.25, 0.3) is 5.91 Å². The fourth-order valence-electron chi connectivity index (χ4n) is 2.39. The van der Waals surface area contributed by atoms with Crippen LogP contribution in [0.3, 0.4) is 0 Å². The Morgan fingerprint density at radius 3 is 1.56 bits per heavy atom. The highest BCUT2D eigenvalue weighted by Crippen LogP contribution is 2.19. The fourth-order valence-corrected chi connectivity index (χ4v) is 2.39. The Labute approximate surface area is 193 Å². The van der Waals surface area contributed by atoms with E-state index in [0.29, 0.717) is 0 Å². The molecule has 0 fully saturated rings. The van der Waals surface area contributed by atoms with Gasteiger partial charge in [0.1, 0.15) is 40.4 Å². The summed E-state index contributed by atoms with van der Waals surface area (Å²) in [6, 6.07) is 6.44. The molecule has 7 nitrogen and oxygen atoms in total. The fraction of sp³-hybridized carbons (Fsp3) is 0.217. The lowest BCUT2D eigenvalue weighted by Gasteiger charge is -2.11.